The lowest BCUT2D eigenvalue weighted by atomic mass is 10.2. The number of anilines is 1. The molecule has 8 heteroatoms. The van der Waals surface area contributed by atoms with Gasteiger partial charge in [-0.15, -0.1) is 0 Å². The van der Waals surface area contributed by atoms with Gasteiger partial charge in [-0.25, -0.2) is 8.42 Å². The van der Waals surface area contributed by atoms with Gasteiger partial charge in [0, 0.05) is 20.3 Å². The van der Waals surface area contributed by atoms with Crippen LogP contribution in [0.1, 0.15) is 6.42 Å². The van der Waals surface area contributed by atoms with Gasteiger partial charge in [0.15, 0.2) is 0 Å². The topological polar surface area (TPSA) is 81.4 Å². The molecule has 0 fully saturated rings. The van der Waals surface area contributed by atoms with Crippen molar-refractivity contribution in [2.45, 2.75) is 16.3 Å². The summed E-state index contributed by atoms with van der Waals surface area (Å²) in [6.07, 6.45) is 0.684. The van der Waals surface area contributed by atoms with Crippen LogP contribution in [-0.2, 0) is 14.6 Å². The van der Waals surface area contributed by atoms with Crippen molar-refractivity contribution in [3.05, 3.63) is 59.6 Å². The molecular formula is C19H19ClN2O4S. The number of methoxy groups -OCH3 is 1. The lowest BCUT2D eigenvalue weighted by molar-refractivity contribution is 0.197. The normalized spacial score (nSPS) is 11.5. The summed E-state index contributed by atoms with van der Waals surface area (Å²) < 4.78 is 36.9. The first-order valence-corrected chi connectivity index (χ1v) is 10.2. The van der Waals surface area contributed by atoms with E-state index in [2.05, 4.69) is 10.3 Å². The van der Waals surface area contributed by atoms with Crippen LogP contribution in [0.5, 0.6) is 0 Å². The van der Waals surface area contributed by atoms with E-state index >= 15 is 0 Å². The van der Waals surface area contributed by atoms with Crippen LogP contribution in [0.2, 0.25) is 5.02 Å². The Morgan fingerprint density at radius 1 is 1.11 bits per heavy atom. The van der Waals surface area contributed by atoms with E-state index in [-0.39, 0.29) is 21.7 Å². The molecule has 1 N–H and O–H groups in total. The lowest BCUT2D eigenvalue weighted by Gasteiger charge is -2.05. The maximum atomic E-state index is 13.1. The lowest BCUT2D eigenvalue weighted by Crippen LogP contribution is -2.09. The highest BCUT2D eigenvalue weighted by atomic mass is 35.5. The standard InChI is InChI=1S/C19H19ClN2O4S/c1-25-13-7-12-21-18-19(27(23,24)14-8-3-2-4-9-14)22-17(26-18)15-10-5-6-11-16(15)20/h2-6,8-11,21H,7,12-13H2,1H3. The fourth-order valence-electron chi connectivity index (χ4n) is 2.48. The Kier molecular flexibility index (Phi) is 6.15. The predicted molar refractivity (Wildman–Crippen MR) is 104 cm³/mol. The predicted octanol–water partition coefficient (Wildman–Crippen LogP) is 4.28. The number of oxazole rings is 1. The van der Waals surface area contributed by atoms with Gasteiger partial charge in [0.25, 0.3) is 0 Å². The Bertz CT molecular complexity index is 1000. The van der Waals surface area contributed by atoms with Gasteiger partial charge in [-0.05, 0) is 30.7 Å². The highest BCUT2D eigenvalue weighted by Crippen LogP contribution is 2.34. The average Bonchev–Trinajstić information content (AvgIpc) is 3.11. The number of hydrogen-bond acceptors (Lipinski definition) is 6. The summed E-state index contributed by atoms with van der Waals surface area (Å²) in [5.74, 6) is 0.231. The minimum absolute atomic E-state index is 0.0878. The molecule has 0 atom stereocenters. The van der Waals surface area contributed by atoms with Crippen molar-refractivity contribution in [1.29, 1.82) is 0 Å². The zero-order valence-corrected chi connectivity index (χ0v) is 16.3. The van der Waals surface area contributed by atoms with E-state index in [9.17, 15) is 8.42 Å². The van der Waals surface area contributed by atoms with E-state index in [0.717, 1.165) is 0 Å². The molecule has 0 saturated heterocycles. The Labute approximate surface area is 163 Å². The Morgan fingerprint density at radius 2 is 1.81 bits per heavy atom. The van der Waals surface area contributed by atoms with Gasteiger partial charge in [-0.3, -0.25) is 0 Å². The molecule has 1 aromatic heterocycles. The molecule has 0 spiro atoms. The van der Waals surface area contributed by atoms with Crippen LogP contribution in [0.3, 0.4) is 0 Å². The van der Waals surface area contributed by atoms with Crippen LogP contribution in [0.15, 0.2) is 68.9 Å². The number of nitrogens with one attached hydrogen (secondary N) is 1. The van der Waals surface area contributed by atoms with Crippen LogP contribution in [0.25, 0.3) is 11.5 Å². The SMILES string of the molecule is COCCCNc1oc(-c2ccccc2Cl)nc1S(=O)(=O)c1ccccc1. The molecule has 0 unspecified atom stereocenters. The second kappa shape index (κ2) is 8.56. The number of aromatic nitrogens is 1. The molecule has 3 rings (SSSR count). The summed E-state index contributed by atoms with van der Waals surface area (Å²) in [6.45, 7) is 1.02. The van der Waals surface area contributed by atoms with Crippen LogP contribution in [0.4, 0.5) is 5.88 Å². The van der Waals surface area contributed by atoms with Crippen molar-refractivity contribution < 1.29 is 17.6 Å². The molecule has 0 saturated carbocycles. The van der Waals surface area contributed by atoms with Crippen molar-refractivity contribution in [2.75, 3.05) is 25.6 Å². The van der Waals surface area contributed by atoms with Crippen molar-refractivity contribution in [1.82, 2.24) is 4.98 Å². The van der Waals surface area contributed by atoms with E-state index in [0.29, 0.717) is 30.2 Å². The summed E-state index contributed by atoms with van der Waals surface area (Å²) in [6, 6.07) is 15.1. The van der Waals surface area contributed by atoms with Crippen LogP contribution >= 0.6 is 11.6 Å². The van der Waals surface area contributed by atoms with E-state index in [1.54, 1.807) is 49.6 Å². The van der Waals surface area contributed by atoms with Gasteiger partial charge in [0.1, 0.15) is 0 Å². The third-order valence-corrected chi connectivity index (χ3v) is 5.83. The number of nitrogens with zero attached hydrogens (tertiary/aromatic N) is 1. The molecule has 0 aliphatic carbocycles. The molecule has 6 nitrogen and oxygen atoms in total. The number of sulfone groups is 1. The first-order chi connectivity index (χ1) is 13.0. The third kappa shape index (κ3) is 4.32. The summed E-state index contributed by atoms with van der Waals surface area (Å²) >= 11 is 6.21. The highest BCUT2D eigenvalue weighted by molar-refractivity contribution is 7.91. The van der Waals surface area contributed by atoms with Crippen LogP contribution in [-0.4, -0.2) is 33.7 Å². The van der Waals surface area contributed by atoms with E-state index < -0.39 is 9.84 Å². The Morgan fingerprint density at radius 3 is 2.52 bits per heavy atom. The molecule has 142 valence electrons. The fourth-order valence-corrected chi connectivity index (χ4v) is 4.00. The van der Waals surface area contributed by atoms with Gasteiger partial charge >= 0.3 is 0 Å². The molecule has 3 aromatic rings. The van der Waals surface area contributed by atoms with E-state index in [1.165, 1.54) is 12.1 Å². The third-order valence-electron chi connectivity index (χ3n) is 3.82. The number of benzene rings is 2. The number of ether oxygens (including phenoxy) is 1. The van der Waals surface area contributed by atoms with Gasteiger partial charge in [-0.1, -0.05) is 41.9 Å². The van der Waals surface area contributed by atoms with Crippen molar-refractivity contribution >= 4 is 27.3 Å². The number of hydrogen-bond donors (Lipinski definition) is 1. The van der Waals surface area contributed by atoms with Crippen molar-refractivity contribution in [2.24, 2.45) is 0 Å². The number of halogens is 1. The fraction of sp³-hybridized carbons (Fsp3) is 0.211. The minimum atomic E-state index is -3.85. The second-order valence-electron chi connectivity index (χ2n) is 5.72. The average molecular weight is 407 g/mol. The Balaban J connectivity index is 2.04. The van der Waals surface area contributed by atoms with Gasteiger partial charge in [0.2, 0.25) is 26.6 Å². The van der Waals surface area contributed by atoms with E-state index in [1.807, 2.05) is 0 Å². The molecule has 0 aliphatic heterocycles. The summed E-state index contributed by atoms with van der Waals surface area (Å²) in [4.78, 5) is 4.40. The molecule has 0 radical (unpaired) electrons. The van der Waals surface area contributed by atoms with Crippen LogP contribution in [0, 0.1) is 0 Å². The first kappa shape index (κ1) is 19.4. The quantitative estimate of drug-likeness (QED) is 0.562. The molecule has 0 amide bonds. The van der Waals surface area contributed by atoms with Crippen molar-refractivity contribution in [3.8, 4) is 11.5 Å². The number of rotatable bonds is 8. The summed E-state index contributed by atoms with van der Waals surface area (Å²) in [7, 11) is -2.25. The molecule has 0 aliphatic rings. The van der Waals surface area contributed by atoms with Crippen molar-refractivity contribution in [3.63, 3.8) is 0 Å². The summed E-state index contributed by atoms with van der Waals surface area (Å²) in [5.41, 5.74) is 0.522. The smallest absolute Gasteiger partial charge is 0.233 e. The molecule has 0 bridgehead atoms. The zero-order valence-electron chi connectivity index (χ0n) is 14.7. The first-order valence-electron chi connectivity index (χ1n) is 8.32. The molecule has 2 aromatic carbocycles. The molecular weight excluding hydrogens is 388 g/mol. The zero-order chi connectivity index (χ0) is 19.3. The largest absolute Gasteiger partial charge is 0.419 e. The minimum Gasteiger partial charge on any atom is -0.419 e. The molecule has 1 heterocycles. The van der Waals surface area contributed by atoms with E-state index in [4.69, 9.17) is 20.8 Å². The van der Waals surface area contributed by atoms with Gasteiger partial charge in [-0.2, -0.15) is 4.98 Å². The molecule has 27 heavy (non-hydrogen) atoms. The summed E-state index contributed by atoms with van der Waals surface area (Å²) in [5, 5.41) is 3.26. The highest BCUT2D eigenvalue weighted by Gasteiger charge is 2.28. The maximum Gasteiger partial charge on any atom is 0.233 e. The van der Waals surface area contributed by atoms with Crippen LogP contribution < -0.4 is 5.32 Å². The maximum absolute atomic E-state index is 13.1. The second-order valence-corrected chi connectivity index (χ2v) is 7.99. The van der Waals surface area contributed by atoms with Gasteiger partial charge in [0.05, 0.1) is 15.5 Å². The van der Waals surface area contributed by atoms with Gasteiger partial charge < -0.3 is 14.5 Å². The Hall–Kier alpha value is -2.35. The monoisotopic (exact) mass is 406 g/mol.